The van der Waals surface area contributed by atoms with Crippen molar-refractivity contribution in [1.82, 2.24) is 15.3 Å². The summed E-state index contributed by atoms with van der Waals surface area (Å²) in [5.41, 5.74) is 0.991. The van der Waals surface area contributed by atoms with E-state index >= 15 is 0 Å². The van der Waals surface area contributed by atoms with Crippen molar-refractivity contribution >= 4 is 5.91 Å². The minimum absolute atomic E-state index is 0.0479. The third-order valence-electron chi connectivity index (χ3n) is 3.22. The van der Waals surface area contributed by atoms with E-state index in [-0.39, 0.29) is 17.5 Å². The van der Waals surface area contributed by atoms with E-state index in [9.17, 15) is 18.0 Å². The molecule has 1 atom stereocenters. The molecule has 0 aliphatic heterocycles. The molecule has 25 heavy (non-hydrogen) atoms. The number of pyridine rings is 2. The van der Waals surface area contributed by atoms with Gasteiger partial charge in [0, 0.05) is 24.2 Å². The summed E-state index contributed by atoms with van der Waals surface area (Å²) in [6.07, 6.45) is -0.156. The number of carbonyl (C=O) groups excluding carboxylic acids is 1. The predicted molar refractivity (Wildman–Crippen MR) is 82.5 cm³/mol. The first-order valence-corrected chi connectivity index (χ1v) is 7.24. The van der Waals surface area contributed by atoms with Gasteiger partial charge in [0.1, 0.15) is 0 Å². The number of nitrogens with zero attached hydrogens (tertiary/aromatic N) is 2. The van der Waals surface area contributed by atoms with E-state index in [1.54, 1.807) is 19.1 Å². The van der Waals surface area contributed by atoms with Gasteiger partial charge in [0.15, 0.2) is 12.4 Å². The molecule has 0 aliphatic rings. The van der Waals surface area contributed by atoms with Crippen LogP contribution < -0.4 is 14.8 Å². The van der Waals surface area contributed by atoms with Crippen LogP contribution in [0.1, 0.15) is 28.9 Å². The molecule has 0 fully saturated rings. The van der Waals surface area contributed by atoms with Gasteiger partial charge in [0.05, 0.1) is 13.2 Å². The summed E-state index contributed by atoms with van der Waals surface area (Å²) in [6.45, 7) is 0.246. The molecule has 0 aromatic carbocycles. The molecule has 0 bridgehead atoms. The smallest absolute Gasteiger partial charge is 0.422 e. The van der Waals surface area contributed by atoms with Crippen LogP contribution in [0.3, 0.4) is 0 Å². The normalized spacial score (nSPS) is 12.4. The van der Waals surface area contributed by atoms with Gasteiger partial charge in [0.25, 0.3) is 11.8 Å². The van der Waals surface area contributed by atoms with Gasteiger partial charge in [-0.05, 0) is 30.7 Å². The third-order valence-corrected chi connectivity index (χ3v) is 3.22. The average Bonchev–Trinajstić information content (AvgIpc) is 2.59. The van der Waals surface area contributed by atoms with E-state index in [1.165, 1.54) is 31.8 Å². The summed E-state index contributed by atoms with van der Waals surface area (Å²) >= 11 is 0. The second-order valence-electron chi connectivity index (χ2n) is 5.11. The van der Waals surface area contributed by atoms with Crippen LogP contribution >= 0.6 is 0 Å². The quantitative estimate of drug-likeness (QED) is 0.863. The Morgan fingerprint density at radius 3 is 2.60 bits per heavy atom. The second-order valence-corrected chi connectivity index (χ2v) is 5.11. The van der Waals surface area contributed by atoms with Crippen molar-refractivity contribution in [3.63, 3.8) is 0 Å². The van der Waals surface area contributed by atoms with Crippen molar-refractivity contribution in [1.29, 1.82) is 0 Å². The fraction of sp³-hybridized carbons (Fsp3) is 0.312. The molecule has 0 saturated carbocycles. The zero-order valence-corrected chi connectivity index (χ0v) is 13.5. The SMILES string of the molecule is COc1cc(C(C)NC(=O)c2ccncc2)cnc1OCC(F)(F)F. The Bertz CT molecular complexity index is 724. The van der Waals surface area contributed by atoms with Crippen LogP contribution in [-0.2, 0) is 0 Å². The number of aromatic nitrogens is 2. The predicted octanol–water partition coefficient (Wildman–Crippen LogP) is 2.92. The van der Waals surface area contributed by atoms with Gasteiger partial charge < -0.3 is 14.8 Å². The maximum atomic E-state index is 12.2. The van der Waals surface area contributed by atoms with E-state index in [4.69, 9.17) is 4.74 Å². The monoisotopic (exact) mass is 355 g/mol. The Balaban J connectivity index is 2.09. The molecule has 2 aromatic heterocycles. The first kappa shape index (κ1) is 18.5. The fourth-order valence-electron chi connectivity index (χ4n) is 1.96. The van der Waals surface area contributed by atoms with E-state index in [1.807, 2.05) is 0 Å². The lowest BCUT2D eigenvalue weighted by molar-refractivity contribution is -0.154. The highest BCUT2D eigenvalue weighted by atomic mass is 19.4. The number of hydrogen-bond acceptors (Lipinski definition) is 5. The molecule has 2 rings (SSSR count). The summed E-state index contributed by atoms with van der Waals surface area (Å²) in [4.78, 5) is 19.8. The molecule has 1 amide bonds. The molecule has 6 nitrogen and oxygen atoms in total. The number of carbonyl (C=O) groups is 1. The van der Waals surface area contributed by atoms with Gasteiger partial charge in [0.2, 0.25) is 0 Å². The highest BCUT2D eigenvalue weighted by Gasteiger charge is 2.29. The molecule has 134 valence electrons. The van der Waals surface area contributed by atoms with E-state index in [0.29, 0.717) is 11.1 Å². The van der Waals surface area contributed by atoms with Gasteiger partial charge >= 0.3 is 6.18 Å². The van der Waals surface area contributed by atoms with Crippen molar-refractivity contribution in [3.05, 3.63) is 47.9 Å². The number of hydrogen-bond donors (Lipinski definition) is 1. The summed E-state index contributed by atoms with van der Waals surface area (Å²) in [7, 11) is 1.29. The van der Waals surface area contributed by atoms with Gasteiger partial charge in [-0.15, -0.1) is 0 Å². The second kappa shape index (κ2) is 7.82. The van der Waals surface area contributed by atoms with Crippen LogP contribution in [-0.4, -0.2) is 35.8 Å². The van der Waals surface area contributed by atoms with Crippen LogP contribution in [0.4, 0.5) is 13.2 Å². The molecule has 0 spiro atoms. The zero-order chi connectivity index (χ0) is 18.4. The fourth-order valence-corrected chi connectivity index (χ4v) is 1.96. The van der Waals surface area contributed by atoms with Crippen molar-refractivity contribution in [2.24, 2.45) is 0 Å². The lowest BCUT2D eigenvalue weighted by Crippen LogP contribution is -2.26. The molecular weight excluding hydrogens is 339 g/mol. The highest BCUT2D eigenvalue weighted by molar-refractivity contribution is 5.94. The van der Waals surface area contributed by atoms with Crippen molar-refractivity contribution in [3.8, 4) is 11.6 Å². The maximum absolute atomic E-state index is 12.2. The summed E-state index contributed by atoms with van der Waals surface area (Å²) < 4.78 is 46.4. The van der Waals surface area contributed by atoms with Gasteiger partial charge in [-0.25, -0.2) is 4.98 Å². The van der Waals surface area contributed by atoms with Crippen LogP contribution in [0.25, 0.3) is 0 Å². The molecule has 0 aliphatic carbocycles. The van der Waals surface area contributed by atoms with Crippen molar-refractivity contribution in [2.75, 3.05) is 13.7 Å². The minimum atomic E-state index is -4.48. The maximum Gasteiger partial charge on any atom is 0.422 e. The Morgan fingerprint density at radius 1 is 1.32 bits per heavy atom. The third kappa shape index (κ3) is 5.33. The molecule has 0 radical (unpaired) electrons. The molecule has 2 heterocycles. The Kier molecular flexibility index (Phi) is 5.79. The average molecular weight is 355 g/mol. The molecule has 0 saturated heterocycles. The molecule has 1 unspecified atom stereocenters. The standard InChI is InChI=1S/C16H16F3N3O3/c1-10(22-14(23)11-3-5-20-6-4-11)12-7-13(24-2)15(21-8-12)25-9-16(17,18)19/h3-8,10H,9H2,1-2H3,(H,22,23). The summed E-state index contributed by atoms with van der Waals surface area (Å²) in [6, 6.07) is 4.15. The number of nitrogens with one attached hydrogen (secondary N) is 1. The Morgan fingerprint density at radius 2 is 2.00 bits per heavy atom. The Hall–Kier alpha value is -2.84. The van der Waals surface area contributed by atoms with Crippen molar-refractivity contribution in [2.45, 2.75) is 19.1 Å². The summed E-state index contributed by atoms with van der Waals surface area (Å²) in [5.74, 6) is -0.533. The number of halogens is 3. The van der Waals surface area contributed by atoms with Crippen molar-refractivity contribution < 1.29 is 27.4 Å². The van der Waals surface area contributed by atoms with Crippen LogP contribution in [0.5, 0.6) is 11.6 Å². The largest absolute Gasteiger partial charge is 0.491 e. The lowest BCUT2D eigenvalue weighted by atomic mass is 10.1. The Labute approximate surface area is 142 Å². The lowest BCUT2D eigenvalue weighted by Gasteiger charge is -2.17. The van der Waals surface area contributed by atoms with Crippen LogP contribution in [0, 0.1) is 0 Å². The number of amides is 1. The first-order valence-electron chi connectivity index (χ1n) is 7.24. The van der Waals surface area contributed by atoms with E-state index in [2.05, 4.69) is 20.0 Å². The highest BCUT2D eigenvalue weighted by Crippen LogP contribution is 2.29. The molecule has 1 N–H and O–H groups in total. The van der Waals surface area contributed by atoms with Gasteiger partial charge in [-0.1, -0.05) is 0 Å². The number of methoxy groups -OCH3 is 1. The first-order chi connectivity index (χ1) is 11.8. The summed E-state index contributed by atoms with van der Waals surface area (Å²) in [5, 5.41) is 2.76. The topological polar surface area (TPSA) is 73.3 Å². The van der Waals surface area contributed by atoms with Gasteiger partial charge in [-0.3, -0.25) is 9.78 Å². The number of ether oxygens (including phenoxy) is 2. The molecule has 2 aromatic rings. The zero-order valence-electron chi connectivity index (χ0n) is 13.5. The van der Waals surface area contributed by atoms with E-state index in [0.717, 1.165) is 0 Å². The molecule has 9 heteroatoms. The van der Waals surface area contributed by atoms with Gasteiger partial charge in [-0.2, -0.15) is 13.2 Å². The van der Waals surface area contributed by atoms with Crippen LogP contribution in [0.2, 0.25) is 0 Å². The minimum Gasteiger partial charge on any atom is -0.491 e. The molecular formula is C16H16F3N3O3. The van der Waals surface area contributed by atoms with Crippen LogP contribution in [0.15, 0.2) is 36.8 Å². The number of rotatable bonds is 6. The van der Waals surface area contributed by atoms with E-state index < -0.39 is 18.8 Å². The number of alkyl halides is 3.